The Morgan fingerprint density at radius 3 is 2.76 bits per heavy atom. The van der Waals surface area contributed by atoms with Gasteiger partial charge in [0.2, 0.25) is 0 Å². The second kappa shape index (κ2) is 7.39. The molecule has 1 aromatic rings. The van der Waals surface area contributed by atoms with Crippen LogP contribution in [-0.4, -0.2) is 29.2 Å². The van der Waals surface area contributed by atoms with Gasteiger partial charge in [-0.15, -0.1) is 0 Å². The van der Waals surface area contributed by atoms with Gasteiger partial charge in [-0.2, -0.15) is 0 Å². The molecule has 0 aromatic heterocycles. The second-order valence-electron chi connectivity index (χ2n) is 3.53. The molecule has 0 N–H and O–H groups in total. The summed E-state index contributed by atoms with van der Waals surface area (Å²) in [5.74, 6) is -0.0141. The van der Waals surface area contributed by atoms with E-state index in [2.05, 4.69) is 31.9 Å². The highest BCUT2D eigenvalue weighted by atomic mass is 79.9. The Balaban J connectivity index is 2.90. The predicted molar refractivity (Wildman–Crippen MR) is 79.1 cm³/mol. The first-order chi connectivity index (χ1) is 8.11. The minimum Gasteiger partial charge on any atom is -0.339 e. The van der Waals surface area contributed by atoms with Gasteiger partial charge in [0, 0.05) is 22.9 Å². The topological polar surface area (TPSA) is 20.3 Å². The van der Waals surface area contributed by atoms with Crippen LogP contribution >= 0.6 is 43.5 Å². The average Bonchev–Trinajstić information content (AvgIpc) is 2.33. The first-order valence-corrected chi connectivity index (χ1v) is 7.70. The van der Waals surface area contributed by atoms with Crippen LogP contribution in [-0.2, 0) is 0 Å². The molecule has 5 heteroatoms. The summed E-state index contributed by atoms with van der Waals surface area (Å²) >= 11 is 12.8. The zero-order valence-electron chi connectivity index (χ0n) is 9.55. The SMILES string of the molecule is CCN(CCCBr)C(=O)c1cccc(Br)c1Cl. The summed E-state index contributed by atoms with van der Waals surface area (Å²) in [5.41, 5.74) is 0.553. The molecule has 1 aromatic carbocycles. The van der Waals surface area contributed by atoms with Gasteiger partial charge in [0.25, 0.3) is 5.91 Å². The number of carbonyl (C=O) groups excluding carboxylic acids is 1. The van der Waals surface area contributed by atoms with Crippen molar-refractivity contribution in [1.82, 2.24) is 4.90 Å². The first-order valence-electron chi connectivity index (χ1n) is 5.41. The molecule has 0 saturated heterocycles. The molecule has 1 rings (SSSR count). The Labute approximate surface area is 124 Å². The highest BCUT2D eigenvalue weighted by Gasteiger charge is 2.17. The molecule has 0 bridgehead atoms. The van der Waals surface area contributed by atoms with Gasteiger partial charge >= 0.3 is 0 Å². The van der Waals surface area contributed by atoms with Crippen molar-refractivity contribution in [2.75, 3.05) is 18.4 Å². The molecule has 0 aliphatic heterocycles. The highest BCUT2D eigenvalue weighted by molar-refractivity contribution is 9.10. The largest absolute Gasteiger partial charge is 0.339 e. The predicted octanol–water partition coefficient (Wildman–Crippen LogP) is 4.35. The number of nitrogens with zero attached hydrogens (tertiary/aromatic N) is 1. The molecule has 0 fully saturated rings. The Hall–Kier alpha value is -0.0600. The fourth-order valence-corrected chi connectivity index (χ4v) is 2.32. The van der Waals surface area contributed by atoms with Crippen LogP contribution in [0.1, 0.15) is 23.7 Å². The van der Waals surface area contributed by atoms with Crippen LogP contribution in [0, 0.1) is 0 Å². The monoisotopic (exact) mass is 381 g/mol. The zero-order chi connectivity index (χ0) is 12.8. The smallest absolute Gasteiger partial charge is 0.255 e. The van der Waals surface area contributed by atoms with E-state index in [0.29, 0.717) is 17.1 Å². The van der Waals surface area contributed by atoms with Crippen molar-refractivity contribution in [3.63, 3.8) is 0 Å². The Kier molecular flexibility index (Phi) is 6.52. The van der Waals surface area contributed by atoms with E-state index >= 15 is 0 Å². The molecule has 0 aliphatic carbocycles. The van der Waals surface area contributed by atoms with Crippen molar-refractivity contribution in [2.24, 2.45) is 0 Å². The van der Waals surface area contributed by atoms with Crippen molar-refractivity contribution in [3.8, 4) is 0 Å². The summed E-state index contributed by atoms with van der Waals surface area (Å²) in [4.78, 5) is 14.1. The summed E-state index contributed by atoms with van der Waals surface area (Å²) in [6, 6.07) is 5.40. The van der Waals surface area contributed by atoms with E-state index < -0.39 is 0 Å². The van der Waals surface area contributed by atoms with Gasteiger partial charge in [0.05, 0.1) is 10.6 Å². The number of amides is 1. The van der Waals surface area contributed by atoms with Gasteiger partial charge in [-0.1, -0.05) is 33.6 Å². The number of carbonyl (C=O) groups is 1. The standard InChI is InChI=1S/C12H14Br2ClNO/c1-2-16(8-4-7-13)12(17)9-5-3-6-10(14)11(9)15/h3,5-6H,2,4,7-8H2,1H3. The van der Waals surface area contributed by atoms with E-state index in [-0.39, 0.29) is 5.91 Å². The fourth-order valence-electron chi connectivity index (χ4n) is 1.49. The minimum absolute atomic E-state index is 0.0141. The Morgan fingerprint density at radius 2 is 2.18 bits per heavy atom. The van der Waals surface area contributed by atoms with Gasteiger partial charge in [0.1, 0.15) is 0 Å². The molecule has 0 saturated carbocycles. The molecule has 0 aliphatic rings. The van der Waals surface area contributed by atoms with E-state index in [0.717, 1.165) is 22.8 Å². The third-order valence-corrected chi connectivity index (χ3v) is 4.27. The first kappa shape index (κ1) is 15.0. The van der Waals surface area contributed by atoms with Gasteiger partial charge in [-0.05, 0) is 41.4 Å². The molecule has 94 valence electrons. The van der Waals surface area contributed by atoms with Gasteiger partial charge in [-0.25, -0.2) is 0 Å². The van der Waals surface area contributed by atoms with Crippen molar-refractivity contribution < 1.29 is 4.79 Å². The quantitative estimate of drug-likeness (QED) is 0.692. The summed E-state index contributed by atoms with van der Waals surface area (Å²) < 4.78 is 0.751. The molecule has 0 radical (unpaired) electrons. The third kappa shape index (κ3) is 3.97. The highest BCUT2D eigenvalue weighted by Crippen LogP contribution is 2.26. The molecule has 0 spiro atoms. The molecular formula is C12H14Br2ClNO. The Bertz CT molecular complexity index is 398. The molecule has 2 nitrogen and oxygen atoms in total. The van der Waals surface area contributed by atoms with Gasteiger partial charge in [-0.3, -0.25) is 4.79 Å². The van der Waals surface area contributed by atoms with Crippen molar-refractivity contribution in [2.45, 2.75) is 13.3 Å². The second-order valence-corrected chi connectivity index (χ2v) is 5.55. The van der Waals surface area contributed by atoms with Crippen molar-refractivity contribution >= 4 is 49.4 Å². The molecular weight excluding hydrogens is 369 g/mol. The lowest BCUT2D eigenvalue weighted by molar-refractivity contribution is 0.0765. The lowest BCUT2D eigenvalue weighted by atomic mass is 10.2. The summed E-state index contributed by atoms with van der Waals surface area (Å²) in [5, 5.41) is 1.37. The molecule has 0 unspecified atom stereocenters. The number of rotatable bonds is 5. The van der Waals surface area contributed by atoms with Crippen LogP contribution < -0.4 is 0 Å². The molecule has 1 amide bonds. The molecule has 0 heterocycles. The minimum atomic E-state index is -0.0141. The van der Waals surface area contributed by atoms with Crippen LogP contribution in [0.3, 0.4) is 0 Å². The fraction of sp³-hybridized carbons (Fsp3) is 0.417. The lowest BCUT2D eigenvalue weighted by Gasteiger charge is -2.21. The van der Waals surface area contributed by atoms with E-state index in [4.69, 9.17) is 11.6 Å². The van der Waals surface area contributed by atoms with Crippen LogP contribution in [0.15, 0.2) is 22.7 Å². The van der Waals surface area contributed by atoms with E-state index in [1.165, 1.54) is 0 Å². The number of alkyl halides is 1. The maximum absolute atomic E-state index is 12.3. The average molecular weight is 384 g/mol. The summed E-state index contributed by atoms with van der Waals surface area (Å²) in [6.45, 7) is 3.40. The van der Waals surface area contributed by atoms with Crippen molar-refractivity contribution in [1.29, 1.82) is 0 Å². The molecule has 17 heavy (non-hydrogen) atoms. The third-order valence-electron chi connectivity index (χ3n) is 2.41. The number of hydrogen-bond donors (Lipinski definition) is 0. The maximum atomic E-state index is 12.3. The van der Waals surface area contributed by atoms with Crippen molar-refractivity contribution in [3.05, 3.63) is 33.3 Å². The molecule has 0 atom stereocenters. The van der Waals surface area contributed by atoms with Crippen LogP contribution in [0.4, 0.5) is 0 Å². The van der Waals surface area contributed by atoms with E-state index in [1.54, 1.807) is 11.0 Å². The van der Waals surface area contributed by atoms with Crippen LogP contribution in [0.25, 0.3) is 0 Å². The number of hydrogen-bond acceptors (Lipinski definition) is 1. The number of halogens is 3. The zero-order valence-corrected chi connectivity index (χ0v) is 13.5. The summed E-state index contributed by atoms with van der Waals surface area (Å²) in [7, 11) is 0. The van der Waals surface area contributed by atoms with Gasteiger partial charge < -0.3 is 4.90 Å². The lowest BCUT2D eigenvalue weighted by Crippen LogP contribution is -2.32. The van der Waals surface area contributed by atoms with E-state index in [1.807, 2.05) is 19.1 Å². The van der Waals surface area contributed by atoms with E-state index in [9.17, 15) is 4.79 Å². The summed E-state index contributed by atoms with van der Waals surface area (Å²) in [6.07, 6.45) is 0.936. The maximum Gasteiger partial charge on any atom is 0.255 e. The van der Waals surface area contributed by atoms with Crippen LogP contribution in [0.2, 0.25) is 5.02 Å². The van der Waals surface area contributed by atoms with Crippen LogP contribution in [0.5, 0.6) is 0 Å². The van der Waals surface area contributed by atoms with Gasteiger partial charge in [0.15, 0.2) is 0 Å². The normalized spacial score (nSPS) is 10.4. The Morgan fingerprint density at radius 1 is 1.47 bits per heavy atom. The number of benzene rings is 1.